The lowest BCUT2D eigenvalue weighted by molar-refractivity contribution is 0.0695. The molecule has 1 aromatic heterocycles. The van der Waals surface area contributed by atoms with Gasteiger partial charge in [0.15, 0.2) is 0 Å². The summed E-state index contributed by atoms with van der Waals surface area (Å²) >= 11 is 0. The van der Waals surface area contributed by atoms with Gasteiger partial charge in [-0.05, 0) is 0 Å². The van der Waals surface area contributed by atoms with E-state index in [2.05, 4.69) is 10.9 Å². The molecule has 0 amide bonds. The first-order valence-electron chi connectivity index (χ1n) is 3.11. The van der Waals surface area contributed by atoms with Gasteiger partial charge in [0.25, 0.3) is 0 Å². The van der Waals surface area contributed by atoms with Crippen molar-refractivity contribution in [1.82, 2.24) is 5.43 Å². The van der Waals surface area contributed by atoms with Gasteiger partial charge in [-0.1, -0.05) is 0 Å². The number of aromatic carboxylic acids is 1. The van der Waals surface area contributed by atoms with Crippen molar-refractivity contribution in [3.8, 4) is 0 Å². The number of nitrogens with one attached hydrogen (secondary N) is 2. The SMILES string of the molecule is O=C(O)c1coc2c1CNN2. The summed E-state index contributed by atoms with van der Waals surface area (Å²) in [5.74, 6) is -0.456. The predicted molar refractivity (Wildman–Crippen MR) is 36.1 cm³/mol. The fraction of sp³-hybridized carbons (Fsp3) is 0.167. The van der Waals surface area contributed by atoms with Crippen LogP contribution in [0.3, 0.4) is 0 Å². The molecule has 0 saturated heterocycles. The van der Waals surface area contributed by atoms with Crippen LogP contribution in [0.4, 0.5) is 5.88 Å². The standard InChI is InChI=1S/C6H6N2O3/c9-6(10)4-2-11-5-3(4)1-7-8-5/h2,7-8H,1H2,(H,9,10). The summed E-state index contributed by atoms with van der Waals surface area (Å²) in [6, 6.07) is 0. The molecule has 5 nitrogen and oxygen atoms in total. The van der Waals surface area contributed by atoms with Crippen LogP contribution in [0.25, 0.3) is 0 Å². The summed E-state index contributed by atoms with van der Waals surface area (Å²) in [7, 11) is 0. The lowest BCUT2D eigenvalue weighted by atomic mass is 10.2. The van der Waals surface area contributed by atoms with Gasteiger partial charge in [-0.15, -0.1) is 0 Å². The monoisotopic (exact) mass is 154 g/mol. The van der Waals surface area contributed by atoms with Gasteiger partial charge in [0.1, 0.15) is 11.8 Å². The Morgan fingerprint density at radius 3 is 3.27 bits per heavy atom. The van der Waals surface area contributed by atoms with Crippen LogP contribution in [0.2, 0.25) is 0 Å². The van der Waals surface area contributed by atoms with E-state index in [9.17, 15) is 4.79 Å². The normalized spacial score (nSPS) is 14.2. The third-order valence-electron chi connectivity index (χ3n) is 1.59. The van der Waals surface area contributed by atoms with E-state index < -0.39 is 5.97 Å². The molecule has 0 unspecified atom stereocenters. The molecule has 0 bridgehead atoms. The van der Waals surface area contributed by atoms with E-state index in [1.54, 1.807) is 0 Å². The molecule has 58 valence electrons. The number of carboxylic acid groups (broad SMARTS) is 1. The molecule has 0 radical (unpaired) electrons. The van der Waals surface area contributed by atoms with Crippen LogP contribution in [-0.4, -0.2) is 11.1 Å². The number of carbonyl (C=O) groups is 1. The summed E-state index contributed by atoms with van der Waals surface area (Å²) in [6.45, 7) is 0.494. The Bertz CT molecular complexity index is 305. The largest absolute Gasteiger partial charge is 0.478 e. The van der Waals surface area contributed by atoms with Crippen molar-refractivity contribution in [2.45, 2.75) is 6.54 Å². The summed E-state index contributed by atoms with van der Waals surface area (Å²) in [4.78, 5) is 10.5. The first-order chi connectivity index (χ1) is 5.29. The molecule has 11 heavy (non-hydrogen) atoms. The van der Waals surface area contributed by atoms with E-state index in [1.165, 1.54) is 6.26 Å². The molecule has 0 aromatic carbocycles. The molecule has 0 atom stereocenters. The zero-order valence-corrected chi connectivity index (χ0v) is 5.55. The van der Waals surface area contributed by atoms with Gasteiger partial charge < -0.3 is 9.52 Å². The predicted octanol–water partition coefficient (Wildman–Crippen LogP) is 0.408. The maximum absolute atomic E-state index is 10.5. The van der Waals surface area contributed by atoms with Gasteiger partial charge in [0.2, 0.25) is 5.88 Å². The molecule has 2 rings (SSSR count). The number of hydrogen-bond donors (Lipinski definition) is 3. The van der Waals surface area contributed by atoms with Crippen molar-refractivity contribution in [3.05, 3.63) is 17.4 Å². The molecule has 3 N–H and O–H groups in total. The van der Waals surface area contributed by atoms with Crippen molar-refractivity contribution < 1.29 is 14.3 Å². The summed E-state index contributed by atoms with van der Waals surface area (Å²) in [5.41, 5.74) is 6.35. The number of carboxylic acids is 1. The maximum atomic E-state index is 10.5. The van der Waals surface area contributed by atoms with Crippen LogP contribution in [0.15, 0.2) is 10.7 Å². The third kappa shape index (κ3) is 0.779. The lowest BCUT2D eigenvalue weighted by Crippen LogP contribution is -2.12. The van der Waals surface area contributed by atoms with Crippen LogP contribution < -0.4 is 10.9 Å². The van der Waals surface area contributed by atoms with E-state index in [-0.39, 0.29) is 5.56 Å². The highest BCUT2D eigenvalue weighted by atomic mass is 16.4. The molecule has 0 aliphatic carbocycles. The number of hydrogen-bond acceptors (Lipinski definition) is 4. The van der Waals surface area contributed by atoms with Crippen LogP contribution >= 0.6 is 0 Å². The van der Waals surface area contributed by atoms with E-state index in [1.807, 2.05) is 0 Å². The number of anilines is 1. The average molecular weight is 154 g/mol. The smallest absolute Gasteiger partial charge is 0.339 e. The molecular formula is C6H6N2O3. The Balaban J connectivity index is 2.50. The lowest BCUT2D eigenvalue weighted by Gasteiger charge is -1.89. The minimum Gasteiger partial charge on any atom is -0.478 e. The summed E-state index contributed by atoms with van der Waals surface area (Å²) in [5, 5.41) is 8.62. The Morgan fingerprint density at radius 1 is 1.73 bits per heavy atom. The first-order valence-corrected chi connectivity index (χ1v) is 3.11. The van der Waals surface area contributed by atoms with Gasteiger partial charge in [-0.2, -0.15) is 0 Å². The molecule has 0 spiro atoms. The Morgan fingerprint density at radius 2 is 2.55 bits per heavy atom. The zero-order chi connectivity index (χ0) is 7.84. The van der Waals surface area contributed by atoms with Gasteiger partial charge in [-0.25, -0.2) is 10.2 Å². The maximum Gasteiger partial charge on any atom is 0.339 e. The Labute approximate surface area is 62.0 Å². The minimum absolute atomic E-state index is 0.220. The van der Waals surface area contributed by atoms with Gasteiger partial charge >= 0.3 is 5.97 Å². The second-order valence-electron chi connectivity index (χ2n) is 2.24. The number of furan rings is 1. The van der Waals surface area contributed by atoms with Gasteiger partial charge in [0, 0.05) is 12.1 Å². The fourth-order valence-electron chi connectivity index (χ4n) is 1.06. The number of rotatable bonds is 1. The molecule has 1 aliphatic rings. The highest BCUT2D eigenvalue weighted by Gasteiger charge is 2.22. The van der Waals surface area contributed by atoms with E-state index in [4.69, 9.17) is 9.52 Å². The van der Waals surface area contributed by atoms with Crippen LogP contribution in [-0.2, 0) is 6.54 Å². The molecule has 0 fully saturated rings. The van der Waals surface area contributed by atoms with E-state index in [0.29, 0.717) is 18.0 Å². The summed E-state index contributed by atoms with van der Waals surface area (Å²) < 4.78 is 4.91. The van der Waals surface area contributed by atoms with Crippen LogP contribution in [0.5, 0.6) is 0 Å². The Hall–Kier alpha value is -1.49. The minimum atomic E-state index is -0.958. The van der Waals surface area contributed by atoms with Gasteiger partial charge in [-0.3, -0.25) is 5.43 Å². The fourth-order valence-corrected chi connectivity index (χ4v) is 1.06. The van der Waals surface area contributed by atoms with Crippen molar-refractivity contribution in [2.75, 3.05) is 5.43 Å². The van der Waals surface area contributed by atoms with Crippen molar-refractivity contribution in [3.63, 3.8) is 0 Å². The Kier molecular flexibility index (Phi) is 1.13. The summed E-state index contributed by atoms with van der Waals surface area (Å²) in [6.07, 6.45) is 1.24. The van der Waals surface area contributed by atoms with E-state index in [0.717, 1.165) is 0 Å². The highest BCUT2D eigenvalue weighted by Crippen LogP contribution is 2.25. The zero-order valence-electron chi connectivity index (χ0n) is 5.55. The van der Waals surface area contributed by atoms with Crippen molar-refractivity contribution >= 4 is 11.9 Å². The highest BCUT2D eigenvalue weighted by molar-refractivity contribution is 5.90. The van der Waals surface area contributed by atoms with Gasteiger partial charge in [0.05, 0.1) is 0 Å². The first kappa shape index (κ1) is 6.23. The van der Waals surface area contributed by atoms with E-state index >= 15 is 0 Å². The molecule has 1 aromatic rings. The quantitative estimate of drug-likeness (QED) is 0.546. The third-order valence-corrected chi connectivity index (χ3v) is 1.59. The number of fused-ring (bicyclic) bond motifs is 1. The molecular weight excluding hydrogens is 148 g/mol. The molecule has 1 aliphatic heterocycles. The molecule has 5 heteroatoms. The second kappa shape index (κ2) is 2.00. The van der Waals surface area contributed by atoms with Crippen LogP contribution in [0.1, 0.15) is 15.9 Å². The van der Waals surface area contributed by atoms with Crippen molar-refractivity contribution in [2.24, 2.45) is 0 Å². The second-order valence-corrected chi connectivity index (χ2v) is 2.24. The van der Waals surface area contributed by atoms with Crippen molar-refractivity contribution in [1.29, 1.82) is 0 Å². The molecule has 0 saturated carbocycles. The number of hydrazine groups is 1. The van der Waals surface area contributed by atoms with Crippen LogP contribution in [0, 0.1) is 0 Å². The topological polar surface area (TPSA) is 74.5 Å². The molecule has 2 heterocycles. The average Bonchev–Trinajstić information content (AvgIpc) is 2.41.